The number of piperidine rings is 1. The summed E-state index contributed by atoms with van der Waals surface area (Å²) in [5.74, 6) is 0. The molecule has 0 saturated carbocycles. The van der Waals surface area contributed by atoms with Crippen molar-refractivity contribution in [1.29, 1.82) is 0 Å². The third kappa shape index (κ3) is 3.71. The van der Waals surface area contributed by atoms with E-state index in [1.165, 1.54) is 5.56 Å². The molecule has 1 aromatic heterocycles. The maximum absolute atomic E-state index is 11.5. The summed E-state index contributed by atoms with van der Waals surface area (Å²) in [4.78, 5) is 13.3. The minimum absolute atomic E-state index is 0.172. The lowest BCUT2D eigenvalue weighted by atomic mass is 10.1. The molecule has 5 heteroatoms. The molecule has 0 unspecified atom stereocenters. The number of hydrogen-bond acceptors (Lipinski definition) is 4. The van der Waals surface area contributed by atoms with Crippen molar-refractivity contribution in [3.05, 3.63) is 22.4 Å². The monoisotopic (exact) mass is 268 g/mol. The zero-order valence-corrected chi connectivity index (χ0v) is 11.5. The van der Waals surface area contributed by atoms with Gasteiger partial charge in [-0.15, -0.1) is 0 Å². The summed E-state index contributed by atoms with van der Waals surface area (Å²) in [6, 6.07) is 2.65. The molecule has 0 bridgehead atoms. The molecular weight excluding hydrogens is 248 g/mol. The summed E-state index contributed by atoms with van der Waals surface area (Å²) in [6.07, 6.45) is 1.83. The summed E-state index contributed by atoms with van der Waals surface area (Å²) >= 11 is 1.73. The molecule has 2 rings (SSSR count). The van der Waals surface area contributed by atoms with Crippen LogP contribution in [0.2, 0.25) is 0 Å². The molecule has 0 aromatic carbocycles. The summed E-state index contributed by atoms with van der Waals surface area (Å²) in [5.41, 5.74) is 1.34. The molecule has 1 aromatic rings. The van der Waals surface area contributed by atoms with Gasteiger partial charge in [0, 0.05) is 25.7 Å². The highest BCUT2D eigenvalue weighted by molar-refractivity contribution is 7.07. The van der Waals surface area contributed by atoms with Gasteiger partial charge in [0.05, 0.1) is 6.61 Å². The summed E-state index contributed by atoms with van der Waals surface area (Å²) in [5, 5.41) is 7.81. The number of hydrogen-bond donors (Lipinski definition) is 1. The number of likely N-dealkylation sites (tertiary alicyclic amines) is 1. The Morgan fingerprint density at radius 1 is 1.56 bits per heavy atom. The summed E-state index contributed by atoms with van der Waals surface area (Å²) < 4.78 is 5.00. The van der Waals surface area contributed by atoms with Gasteiger partial charge < -0.3 is 15.0 Å². The Hall–Kier alpha value is -1.07. The third-order valence-electron chi connectivity index (χ3n) is 3.20. The van der Waals surface area contributed by atoms with Crippen LogP contribution < -0.4 is 5.32 Å². The van der Waals surface area contributed by atoms with E-state index in [0.717, 1.165) is 32.5 Å². The van der Waals surface area contributed by atoms with Gasteiger partial charge in [0.2, 0.25) is 0 Å². The second-order valence-electron chi connectivity index (χ2n) is 4.47. The van der Waals surface area contributed by atoms with Crippen molar-refractivity contribution in [3.8, 4) is 0 Å². The molecule has 1 amide bonds. The fourth-order valence-electron chi connectivity index (χ4n) is 2.14. The molecular formula is C13H20N2O2S. The molecule has 1 aliphatic rings. The van der Waals surface area contributed by atoms with E-state index in [1.807, 2.05) is 6.92 Å². The fraction of sp³-hybridized carbons (Fsp3) is 0.615. The number of rotatable bonds is 4. The van der Waals surface area contributed by atoms with Gasteiger partial charge in [-0.05, 0) is 42.2 Å². The quantitative estimate of drug-likeness (QED) is 0.912. The van der Waals surface area contributed by atoms with E-state index in [1.54, 1.807) is 16.2 Å². The number of carbonyl (C=O) groups excluding carboxylic acids is 1. The van der Waals surface area contributed by atoms with Crippen molar-refractivity contribution in [2.24, 2.45) is 0 Å². The number of nitrogens with one attached hydrogen (secondary N) is 1. The average Bonchev–Trinajstić information content (AvgIpc) is 2.90. The third-order valence-corrected chi connectivity index (χ3v) is 3.93. The number of amides is 1. The molecule has 0 spiro atoms. The van der Waals surface area contributed by atoms with Crippen molar-refractivity contribution in [3.63, 3.8) is 0 Å². The normalized spacial score (nSPS) is 16.8. The highest BCUT2D eigenvalue weighted by Gasteiger charge is 2.22. The first-order valence-corrected chi connectivity index (χ1v) is 7.40. The van der Waals surface area contributed by atoms with Gasteiger partial charge in [-0.1, -0.05) is 0 Å². The van der Waals surface area contributed by atoms with Gasteiger partial charge in [0.25, 0.3) is 0 Å². The first-order chi connectivity index (χ1) is 8.79. The Kier molecular flexibility index (Phi) is 5.01. The summed E-state index contributed by atoms with van der Waals surface area (Å²) in [6.45, 7) is 4.80. The fourth-order valence-corrected chi connectivity index (χ4v) is 2.80. The number of ether oxygens (including phenoxy) is 1. The van der Waals surface area contributed by atoms with Crippen LogP contribution in [0, 0.1) is 0 Å². The smallest absolute Gasteiger partial charge is 0.409 e. The van der Waals surface area contributed by atoms with Gasteiger partial charge in [0.15, 0.2) is 0 Å². The van der Waals surface area contributed by atoms with E-state index in [-0.39, 0.29) is 6.09 Å². The molecule has 0 aliphatic carbocycles. The highest BCUT2D eigenvalue weighted by Crippen LogP contribution is 2.13. The van der Waals surface area contributed by atoms with Crippen LogP contribution in [0.15, 0.2) is 16.8 Å². The van der Waals surface area contributed by atoms with E-state index >= 15 is 0 Å². The zero-order chi connectivity index (χ0) is 12.8. The van der Waals surface area contributed by atoms with Crippen molar-refractivity contribution >= 4 is 17.4 Å². The first-order valence-electron chi connectivity index (χ1n) is 6.45. The predicted octanol–water partition coefficient (Wildman–Crippen LogP) is 2.46. The van der Waals surface area contributed by atoms with Crippen LogP contribution in [0.5, 0.6) is 0 Å². The Morgan fingerprint density at radius 3 is 2.94 bits per heavy atom. The lowest BCUT2D eigenvalue weighted by Gasteiger charge is -2.31. The molecule has 1 fully saturated rings. The number of carbonyl (C=O) groups is 1. The number of nitrogens with zero attached hydrogens (tertiary/aromatic N) is 1. The molecule has 18 heavy (non-hydrogen) atoms. The maximum Gasteiger partial charge on any atom is 0.409 e. The Balaban J connectivity index is 1.68. The second-order valence-corrected chi connectivity index (χ2v) is 5.25. The molecule has 100 valence electrons. The largest absolute Gasteiger partial charge is 0.450 e. The highest BCUT2D eigenvalue weighted by atomic mass is 32.1. The van der Waals surface area contributed by atoms with E-state index < -0.39 is 0 Å². The van der Waals surface area contributed by atoms with Crippen LogP contribution in [0.1, 0.15) is 25.3 Å². The van der Waals surface area contributed by atoms with Crippen LogP contribution >= 0.6 is 11.3 Å². The second kappa shape index (κ2) is 6.75. The van der Waals surface area contributed by atoms with Gasteiger partial charge in [-0.25, -0.2) is 4.79 Å². The van der Waals surface area contributed by atoms with Gasteiger partial charge in [0.1, 0.15) is 0 Å². The first kappa shape index (κ1) is 13.4. The summed E-state index contributed by atoms with van der Waals surface area (Å²) in [7, 11) is 0. The molecule has 1 aliphatic heterocycles. The van der Waals surface area contributed by atoms with Gasteiger partial charge >= 0.3 is 6.09 Å². The predicted molar refractivity (Wildman–Crippen MR) is 72.8 cm³/mol. The van der Waals surface area contributed by atoms with E-state index in [2.05, 4.69) is 22.1 Å². The number of thiophene rings is 1. The van der Waals surface area contributed by atoms with Crippen molar-refractivity contribution in [1.82, 2.24) is 10.2 Å². The Morgan fingerprint density at radius 2 is 2.33 bits per heavy atom. The van der Waals surface area contributed by atoms with Crippen molar-refractivity contribution < 1.29 is 9.53 Å². The topological polar surface area (TPSA) is 41.6 Å². The zero-order valence-electron chi connectivity index (χ0n) is 10.7. The van der Waals surface area contributed by atoms with Crippen LogP contribution in [0.4, 0.5) is 4.79 Å². The molecule has 1 N–H and O–H groups in total. The molecule has 0 atom stereocenters. The van der Waals surface area contributed by atoms with E-state index in [9.17, 15) is 4.79 Å². The lowest BCUT2D eigenvalue weighted by molar-refractivity contribution is 0.0950. The minimum Gasteiger partial charge on any atom is -0.450 e. The Bertz CT molecular complexity index is 359. The minimum atomic E-state index is -0.172. The SMILES string of the molecule is CCOC(=O)N1CCC(NCc2ccsc2)CC1. The van der Waals surface area contributed by atoms with Crippen LogP contribution in [0.25, 0.3) is 0 Å². The Labute approximate surface area is 112 Å². The van der Waals surface area contributed by atoms with Crippen LogP contribution in [0.3, 0.4) is 0 Å². The molecule has 2 heterocycles. The van der Waals surface area contributed by atoms with E-state index in [0.29, 0.717) is 12.6 Å². The van der Waals surface area contributed by atoms with Crippen LogP contribution in [-0.4, -0.2) is 36.7 Å². The van der Waals surface area contributed by atoms with Crippen molar-refractivity contribution in [2.75, 3.05) is 19.7 Å². The van der Waals surface area contributed by atoms with Crippen LogP contribution in [-0.2, 0) is 11.3 Å². The van der Waals surface area contributed by atoms with E-state index in [4.69, 9.17) is 4.74 Å². The maximum atomic E-state index is 11.5. The molecule has 4 nitrogen and oxygen atoms in total. The van der Waals surface area contributed by atoms with Gasteiger partial charge in [-0.2, -0.15) is 11.3 Å². The molecule has 1 saturated heterocycles. The van der Waals surface area contributed by atoms with Crippen molar-refractivity contribution in [2.45, 2.75) is 32.4 Å². The average molecular weight is 268 g/mol. The standard InChI is InChI=1S/C13H20N2O2S/c1-2-17-13(16)15-6-3-12(4-7-15)14-9-11-5-8-18-10-11/h5,8,10,12,14H,2-4,6-7,9H2,1H3. The molecule has 0 radical (unpaired) electrons. The lowest BCUT2D eigenvalue weighted by Crippen LogP contribution is -2.44. The van der Waals surface area contributed by atoms with Gasteiger partial charge in [-0.3, -0.25) is 0 Å².